The molecule has 8 heteroatoms. The van der Waals surface area contributed by atoms with Gasteiger partial charge in [-0.05, 0) is 24.5 Å². The molecule has 3 unspecified atom stereocenters. The van der Waals surface area contributed by atoms with E-state index in [1.54, 1.807) is 11.8 Å². The highest BCUT2D eigenvalue weighted by atomic mass is 16.4. The molecule has 0 saturated carbocycles. The average Bonchev–Trinajstić information content (AvgIpc) is 3.11. The van der Waals surface area contributed by atoms with Gasteiger partial charge in [-0.15, -0.1) is 10.2 Å². The molecule has 3 rings (SSSR count). The Hall–Kier alpha value is -2.77. The largest absolute Gasteiger partial charge is 0.481 e. The Morgan fingerprint density at radius 3 is 2.64 bits per heavy atom. The van der Waals surface area contributed by atoms with E-state index in [0.29, 0.717) is 25.3 Å². The smallest absolute Gasteiger partial charge is 0.306 e. The molecule has 0 aliphatic carbocycles. The van der Waals surface area contributed by atoms with Gasteiger partial charge in [0.2, 0.25) is 11.7 Å². The van der Waals surface area contributed by atoms with Gasteiger partial charge in [-0.1, -0.05) is 37.3 Å². The summed E-state index contributed by atoms with van der Waals surface area (Å²) in [5.41, 5.74) is 0.837. The van der Waals surface area contributed by atoms with Gasteiger partial charge in [-0.25, -0.2) is 0 Å². The number of hydrogen-bond donors (Lipinski definition) is 1. The Morgan fingerprint density at radius 1 is 1.28 bits per heavy atom. The quantitative estimate of drug-likeness (QED) is 0.902. The van der Waals surface area contributed by atoms with Crippen LogP contribution in [0.3, 0.4) is 0 Å². The standard InChI is InChI=1S/C17H21N5O3/c1-11-10-21(9-8-14(11)17(24)25)16(23)12(2)22-19-15(18-20-22)13-6-4-3-5-7-13/h3-7,11-12,14H,8-10H2,1-2H3,(H,24,25). The van der Waals surface area contributed by atoms with Gasteiger partial charge in [-0.2, -0.15) is 4.80 Å². The Morgan fingerprint density at radius 2 is 2.00 bits per heavy atom. The number of aliphatic carboxylic acids is 1. The Labute approximate surface area is 145 Å². The number of nitrogens with zero attached hydrogens (tertiary/aromatic N) is 5. The van der Waals surface area contributed by atoms with E-state index in [2.05, 4.69) is 15.4 Å². The zero-order chi connectivity index (χ0) is 18.0. The van der Waals surface area contributed by atoms with Gasteiger partial charge in [0.05, 0.1) is 5.92 Å². The first kappa shape index (κ1) is 17.1. The lowest BCUT2D eigenvalue weighted by molar-refractivity contribution is -0.149. The van der Waals surface area contributed by atoms with Crippen LogP contribution in [0.1, 0.15) is 26.3 Å². The molecule has 2 heterocycles. The molecule has 1 N–H and O–H groups in total. The highest BCUT2D eigenvalue weighted by Crippen LogP contribution is 2.25. The van der Waals surface area contributed by atoms with Crippen molar-refractivity contribution in [1.29, 1.82) is 0 Å². The number of carbonyl (C=O) groups excluding carboxylic acids is 1. The zero-order valence-corrected chi connectivity index (χ0v) is 14.2. The Bertz CT molecular complexity index is 761. The molecule has 132 valence electrons. The lowest BCUT2D eigenvalue weighted by Gasteiger charge is -2.35. The first-order chi connectivity index (χ1) is 12.0. The number of carboxylic acids is 1. The molecule has 1 amide bonds. The lowest BCUT2D eigenvalue weighted by Crippen LogP contribution is -2.47. The molecular weight excluding hydrogens is 322 g/mol. The summed E-state index contributed by atoms with van der Waals surface area (Å²) in [5.74, 6) is -0.913. The number of rotatable bonds is 4. The minimum atomic E-state index is -0.793. The van der Waals surface area contributed by atoms with Crippen LogP contribution < -0.4 is 0 Å². The first-order valence-corrected chi connectivity index (χ1v) is 8.34. The van der Waals surface area contributed by atoms with E-state index < -0.39 is 17.9 Å². The van der Waals surface area contributed by atoms with Crippen molar-refractivity contribution in [1.82, 2.24) is 25.1 Å². The third kappa shape index (κ3) is 3.52. The van der Waals surface area contributed by atoms with Crippen LogP contribution in [0.2, 0.25) is 0 Å². The molecular formula is C17H21N5O3. The molecule has 0 spiro atoms. The first-order valence-electron chi connectivity index (χ1n) is 8.34. The Balaban J connectivity index is 1.69. The Kier molecular flexibility index (Phi) is 4.78. The second-order valence-electron chi connectivity index (χ2n) is 6.47. The second kappa shape index (κ2) is 7.00. The van der Waals surface area contributed by atoms with Crippen LogP contribution in [-0.2, 0) is 9.59 Å². The highest BCUT2D eigenvalue weighted by molar-refractivity contribution is 5.80. The van der Waals surface area contributed by atoms with Crippen molar-refractivity contribution in [3.63, 3.8) is 0 Å². The van der Waals surface area contributed by atoms with Crippen LogP contribution >= 0.6 is 0 Å². The maximum absolute atomic E-state index is 12.7. The van der Waals surface area contributed by atoms with Crippen LogP contribution in [0.4, 0.5) is 0 Å². The van der Waals surface area contributed by atoms with Crippen molar-refractivity contribution in [3.05, 3.63) is 30.3 Å². The number of tetrazole rings is 1. The van der Waals surface area contributed by atoms with Crippen molar-refractivity contribution in [3.8, 4) is 11.4 Å². The van der Waals surface area contributed by atoms with Crippen LogP contribution in [-0.4, -0.2) is 55.2 Å². The molecule has 1 fully saturated rings. The molecule has 1 aliphatic heterocycles. The summed E-state index contributed by atoms with van der Waals surface area (Å²) in [6.07, 6.45) is 0.467. The van der Waals surface area contributed by atoms with E-state index in [-0.39, 0.29) is 11.8 Å². The minimum Gasteiger partial charge on any atom is -0.481 e. The highest BCUT2D eigenvalue weighted by Gasteiger charge is 2.35. The van der Waals surface area contributed by atoms with Gasteiger partial charge >= 0.3 is 5.97 Å². The number of carbonyl (C=O) groups is 2. The fourth-order valence-corrected chi connectivity index (χ4v) is 3.17. The predicted octanol–water partition coefficient (Wildman–Crippen LogP) is 1.47. The summed E-state index contributed by atoms with van der Waals surface area (Å²) in [4.78, 5) is 26.9. The van der Waals surface area contributed by atoms with Gasteiger partial charge < -0.3 is 10.0 Å². The molecule has 1 saturated heterocycles. The summed E-state index contributed by atoms with van der Waals surface area (Å²) in [6, 6.07) is 8.86. The molecule has 1 aromatic heterocycles. The molecule has 1 aromatic carbocycles. The number of piperidine rings is 1. The maximum Gasteiger partial charge on any atom is 0.306 e. The normalized spacial score (nSPS) is 21.8. The lowest BCUT2D eigenvalue weighted by atomic mass is 9.87. The second-order valence-corrected chi connectivity index (χ2v) is 6.47. The number of carboxylic acid groups (broad SMARTS) is 1. The average molecular weight is 343 g/mol. The number of benzene rings is 1. The molecule has 25 heavy (non-hydrogen) atoms. The summed E-state index contributed by atoms with van der Waals surface area (Å²) >= 11 is 0. The third-order valence-corrected chi connectivity index (χ3v) is 4.70. The van der Waals surface area contributed by atoms with E-state index in [1.165, 1.54) is 4.80 Å². The van der Waals surface area contributed by atoms with E-state index in [1.807, 2.05) is 37.3 Å². The monoisotopic (exact) mass is 343 g/mol. The molecule has 1 aliphatic rings. The molecule has 0 radical (unpaired) electrons. The number of amides is 1. The van der Waals surface area contributed by atoms with Crippen LogP contribution in [0, 0.1) is 11.8 Å². The molecule has 2 aromatic rings. The van der Waals surface area contributed by atoms with E-state index >= 15 is 0 Å². The van der Waals surface area contributed by atoms with Gasteiger partial charge in [0, 0.05) is 18.7 Å². The molecule has 3 atom stereocenters. The van der Waals surface area contributed by atoms with E-state index in [4.69, 9.17) is 0 Å². The zero-order valence-electron chi connectivity index (χ0n) is 14.2. The van der Waals surface area contributed by atoms with E-state index in [9.17, 15) is 14.7 Å². The maximum atomic E-state index is 12.7. The fourth-order valence-electron chi connectivity index (χ4n) is 3.17. The van der Waals surface area contributed by atoms with Gasteiger partial charge in [0.25, 0.3) is 0 Å². The van der Waals surface area contributed by atoms with E-state index in [0.717, 1.165) is 5.56 Å². The predicted molar refractivity (Wildman–Crippen MR) is 89.5 cm³/mol. The topological polar surface area (TPSA) is 101 Å². The van der Waals surface area contributed by atoms with Crippen molar-refractivity contribution < 1.29 is 14.7 Å². The SMILES string of the molecule is CC1CN(C(=O)C(C)n2nnc(-c3ccccc3)n2)CCC1C(=O)O. The number of likely N-dealkylation sites (tertiary alicyclic amines) is 1. The van der Waals surface area contributed by atoms with Gasteiger partial charge in [0.15, 0.2) is 0 Å². The van der Waals surface area contributed by atoms with Gasteiger partial charge in [0.1, 0.15) is 6.04 Å². The van der Waals surface area contributed by atoms with Crippen LogP contribution in [0.5, 0.6) is 0 Å². The van der Waals surface area contributed by atoms with Crippen LogP contribution in [0.25, 0.3) is 11.4 Å². The van der Waals surface area contributed by atoms with Crippen LogP contribution in [0.15, 0.2) is 30.3 Å². The van der Waals surface area contributed by atoms with Crippen molar-refractivity contribution in [2.75, 3.05) is 13.1 Å². The van der Waals surface area contributed by atoms with Crippen molar-refractivity contribution >= 4 is 11.9 Å². The summed E-state index contributed by atoms with van der Waals surface area (Å²) in [6.45, 7) is 4.46. The molecule has 0 bridgehead atoms. The van der Waals surface area contributed by atoms with Crippen molar-refractivity contribution in [2.45, 2.75) is 26.3 Å². The summed E-state index contributed by atoms with van der Waals surface area (Å²) < 4.78 is 0. The minimum absolute atomic E-state index is 0.0778. The fraction of sp³-hybridized carbons (Fsp3) is 0.471. The van der Waals surface area contributed by atoms with Gasteiger partial charge in [-0.3, -0.25) is 9.59 Å². The molecule has 8 nitrogen and oxygen atoms in total. The number of hydrogen-bond acceptors (Lipinski definition) is 5. The third-order valence-electron chi connectivity index (χ3n) is 4.70. The summed E-state index contributed by atoms with van der Waals surface area (Å²) in [7, 11) is 0. The summed E-state index contributed by atoms with van der Waals surface area (Å²) in [5, 5.41) is 21.5. The van der Waals surface area contributed by atoms with Crippen molar-refractivity contribution in [2.24, 2.45) is 11.8 Å². The number of aromatic nitrogens is 4.